The molecule has 0 saturated heterocycles. The third kappa shape index (κ3) is 5.58. The maximum absolute atomic E-state index is 13.1. The summed E-state index contributed by atoms with van der Waals surface area (Å²) in [7, 11) is 0. The molecule has 1 aliphatic rings. The lowest BCUT2D eigenvalue weighted by Gasteiger charge is -2.13. The number of hydrogen-bond acceptors (Lipinski definition) is 5. The molecule has 0 unspecified atom stereocenters. The van der Waals surface area contributed by atoms with Gasteiger partial charge in [0, 0.05) is 6.42 Å². The topological polar surface area (TPSA) is 88.4 Å². The Morgan fingerprint density at radius 1 is 1.00 bits per heavy atom. The molecule has 35 heavy (non-hydrogen) atoms. The molecule has 3 aromatic rings. The molecule has 0 spiro atoms. The van der Waals surface area contributed by atoms with Crippen LogP contribution in [0.2, 0.25) is 0 Å². The number of ether oxygens (including phenoxy) is 2. The van der Waals surface area contributed by atoms with E-state index in [9.17, 15) is 14.7 Å². The van der Waals surface area contributed by atoms with E-state index in [1.165, 1.54) is 22.7 Å². The highest BCUT2D eigenvalue weighted by atomic mass is 16.5. The number of hydrogen-bond donors (Lipinski definition) is 1. The molecular formula is C28H26N2O5. The lowest BCUT2D eigenvalue weighted by Crippen LogP contribution is -2.21. The summed E-state index contributed by atoms with van der Waals surface area (Å²) in [4.78, 5) is 24.4. The van der Waals surface area contributed by atoms with Crippen LogP contribution in [-0.2, 0) is 11.2 Å². The minimum absolute atomic E-state index is 0.0878. The van der Waals surface area contributed by atoms with Gasteiger partial charge in [-0.3, -0.25) is 4.79 Å². The van der Waals surface area contributed by atoms with Crippen molar-refractivity contribution in [3.05, 3.63) is 95.1 Å². The average molecular weight is 471 g/mol. The number of aromatic carboxylic acids is 1. The van der Waals surface area contributed by atoms with Crippen LogP contribution in [0.3, 0.4) is 0 Å². The Morgan fingerprint density at radius 3 is 2.54 bits per heavy atom. The second kappa shape index (κ2) is 10.7. The van der Waals surface area contributed by atoms with Gasteiger partial charge in [-0.2, -0.15) is 10.1 Å². The number of rotatable bonds is 9. The second-order valence-corrected chi connectivity index (χ2v) is 7.94. The number of nitrogens with zero attached hydrogens (tertiary/aromatic N) is 2. The maximum Gasteiger partial charge on any atom is 0.335 e. The van der Waals surface area contributed by atoms with Crippen LogP contribution >= 0.6 is 0 Å². The summed E-state index contributed by atoms with van der Waals surface area (Å²) in [5.41, 5.74) is 3.41. The lowest BCUT2D eigenvalue weighted by atomic mass is 10.1. The zero-order valence-electron chi connectivity index (χ0n) is 19.6. The number of carboxylic acid groups (broad SMARTS) is 1. The van der Waals surface area contributed by atoms with Crippen molar-refractivity contribution < 1.29 is 24.2 Å². The maximum atomic E-state index is 13.1. The molecular weight excluding hydrogens is 444 g/mol. The Bertz CT molecular complexity index is 1300. The molecule has 0 radical (unpaired) electrons. The van der Waals surface area contributed by atoms with E-state index in [0.29, 0.717) is 41.7 Å². The van der Waals surface area contributed by atoms with Crippen LogP contribution in [0, 0.1) is 0 Å². The van der Waals surface area contributed by atoms with Gasteiger partial charge in [-0.05, 0) is 61.4 Å². The number of hydrazone groups is 1. The SMILES string of the molecule is CCOc1cc(/C=C2\C(=O)N(c3cccc(C(=O)O)c3)N=C2C)ccc1OCCc1ccccc1. The zero-order chi connectivity index (χ0) is 24.8. The third-order valence-electron chi connectivity index (χ3n) is 5.47. The van der Waals surface area contributed by atoms with Crippen LogP contribution < -0.4 is 14.5 Å². The average Bonchev–Trinajstić information content (AvgIpc) is 3.14. The van der Waals surface area contributed by atoms with E-state index in [1.807, 2.05) is 43.3 Å². The summed E-state index contributed by atoms with van der Waals surface area (Å²) in [6.45, 7) is 4.63. The van der Waals surface area contributed by atoms with Gasteiger partial charge in [0.05, 0.1) is 35.7 Å². The Morgan fingerprint density at radius 2 is 1.80 bits per heavy atom. The number of carbonyl (C=O) groups excluding carboxylic acids is 1. The molecule has 1 aliphatic heterocycles. The summed E-state index contributed by atoms with van der Waals surface area (Å²) < 4.78 is 11.8. The predicted molar refractivity (Wildman–Crippen MR) is 135 cm³/mol. The van der Waals surface area contributed by atoms with E-state index in [-0.39, 0.29) is 11.5 Å². The quantitative estimate of drug-likeness (QED) is 0.434. The molecule has 4 rings (SSSR count). The molecule has 1 amide bonds. The smallest absolute Gasteiger partial charge is 0.335 e. The normalized spacial score (nSPS) is 14.2. The Kier molecular flexibility index (Phi) is 7.26. The highest BCUT2D eigenvalue weighted by Gasteiger charge is 2.29. The molecule has 178 valence electrons. The van der Waals surface area contributed by atoms with Gasteiger partial charge >= 0.3 is 5.97 Å². The molecule has 0 aliphatic carbocycles. The molecule has 3 aromatic carbocycles. The van der Waals surface area contributed by atoms with Gasteiger partial charge in [0.25, 0.3) is 5.91 Å². The summed E-state index contributed by atoms with van der Waals surface area (Å²) in [6.07, 6.45) is 2.53. The third-order valence-corrected chi connectivity index (χ3v) is 5.47. The van der Waals surface area contributed by atoms with Gasteiger partial charge in [-0.15, -0.1) is 0 Å². The molecule has 1 N–H and O–H groups in total. The van der Waals surface area contributed by atoms with Crippen molar-refractivity contribution in [2.24, 2.45) is 5.10 Å². The molecule has 0 atom stereocenters. The predicted octanol–water partition coefficient (Wildman–Crippen LogP) is 5.21. The number of amides is 1. The molecule has 1 heterocycles. The van der Waals surface area contributed by atoms with E-state index < -0.39 is 5.97 Å². The van der Waals surface area contributed by atoms with E-state index in [4.69, 9.17) is 9.47 Å². The summed E-state index contributed by atoms with van der Waals surface area (Å²) in [6, 6.07) is 21.8. The number of carboxylic acids is 1. The molecule has 7 nitrogen and oxygen atoms in total. The monoisotopic (exact) mass is 470 g/mol. The van der Waals surface area contributed by atoms with Gasteiger partial charge < -0.3 is 14.6 Å². The Labute approximate surface area is 203 Å². The first kappa shape index (κ1) is 23.8. The minimum Gasteiger partial charge on any atom is -0.490 e. The number of carbonyl (C=O) groups is 2. The molecule has 7 heteroatoms. The van der Waals surface area contributed by atoms with Crippen LogP contribution in [-0.4, -0.2) is 35.9 Å². The van der Waals surface area contributed by atoms with Gasteiger partial charge in [-0.25, -0.2) is 4.79 Å². The van der Waals surface area contributed by atoms with Crippen LogP contribution in [0.25, 0.3) is 6.08 Å². The van der Waals surface area contributed by atoms with Crippen molar-refractivity contribution in [2.45, 2.75) is 20.3 Å². The Hall–Kier alpha value is -4.39. The van der Waals surface area contributed by atoms with Crippen molar-refractivity contribution >= 4 is 29.4 Å². The molecule has 0 fully saturated rings. The van der Waals surface area contributed by atoms with E-state index in [0.717, 1.165) is 12.0 Å². The highest BCUT2D eigenvalue weighted by molar-refractivity contribution is 6.32. The number of anilines is 1. The van der Waals surface area contributed by atoms with Crippen molar-refractivity contribution in [1.29, 1.82) is 0 Å². The second-order valence-electron chi connectivity index (χ2n) is 7.94. The fourth-order valence-electron chi connectivity index (χ4n) is 3.72. The first-order chi connectivity index (χ1) is 17.0. The fraction of sp³-hybridized carbons (Fsp3) is 0.179. The molecule has 0 saturated carbocycles. The van der Waals surface area contributed by atoms with Gasteiger partial charge in [0.2, 0.25) is 0 Å². The largest absolute Gasteiger partial charge is 0.490 e. The van der Waals surface area contributed by atoms with Crippen molar-refractivity contribution in [1.82, 2.24) is 0 Å². The number of benzene rings is 3. The van der Waals surface area contributed by atoms with Gasteiger partial charge in [-0.1, -0.05) is 42.5 Å². The van der Waals surface area contributed by atoms with Crippen LogP contribution in [0.4, 0.5) is 5.69 Å². The van der Waals surface area contributed by atoms with Crippen LogP contribution in [0.15, 0.2) is 83.5 Å². The zero-order valence-corrected chi connectivity index (χ0v) is 19.6. The summed E-state index contributed by atoms with van der Waals surface area (Å²) in [5, 5.41) is 14.8. The van der Waals surface area contributed by atoms with Crippen molar-refractivity contribution in [3.8, 4) is 11.5 Å². The minimum atomic E-state index is -1.07. The van der Waals surface area contributed by atoms with Gasteiger partial charge in [0.1, 0.15) is 0 Å². The Balaban J connectivity index is 1.53. The standard InChI is InChI=1S/C28H26N2O5/c1-3-34-26-17-21(12-13-25(26)35-15-14-20-8-5-4-6-9-20)16-24-19(2)29-30(27(24)31)23-11-7-10-22(18-23)28(32)33/h4-13,16-18H,3,14-15H2,1-2H3,(H,32,33)/b24-16-. The first-order valence-electron chi connectivity index (χ1n) is 11.3. The molecule has 0 bridgehead atoms. The first-order valence-corrected chi connectivity index (χ1v) is 11.3. The highest BCUT2D eigenvalue weighted by Crippen LogP contribution is 2.31. The summed E-state index contributed by atoms with van der Waals surface area (Å²) in [5.74, 6) is -0.156. The van der Waals surface area contributed by atoms with Crippen molar-refractivity contribution in [2.75, 3.05) is 18.2 Å². The van der Waals surface area contributed by atoms with E-state index in [2.05, 4.69) is 17.2 Å². The van der Waals surface area contributed by atoms with Crippen LogP contribution in [0.5, 0.6) is 11.5 Å². The van der Waals surface area contributed by atoms with E-state index >= 15 is 0 Å². The van der Waals surface area contributed by atoms with Gasteiger partial charge in [0.15, 0.2) is 11.5 Å². The molecule has 0 aromatic heterocycles. The van der Waals surface area contributed by atoms with E-state index in [1.54, 1.807) is 25.1 Å². The van der Waals surface area contributed by atoms with Crippen LogP contribution in [0.1, 0.15) is 35.3 Å². The summed E-state index contributed by atoms with van der Waals surface area (Å²) >= 11 is 0. The fourth-order valence-corrected chi connectivity index (χ4v) is 3.72. The van der Waals surface area contributed by atoms with Crippen molar-refractivity contribution in [3.63, 3.8) is 0 Å². The lowest BCUT2D eigenvalue weighted by molar-refractivity contribution is -0.114.